The van der Waals surface area contributed by atoms with Crippen LogP contribution >= 0.6 is 0 Å². The van der Waals surface area contributed by atoms with E-state index in [1.54, 1.807) is 18.2 Å². The molecule has 0 saturated carbocycles. The van der Waals surface area contributed by atoms with Gasteiger partial charge in [0.25, 0.3) is 0 Å². The fourth-order valence-corrected chi connectivity index (χ4v) is 3.48. The Hall–Kier alpha value is -1.91. The lowest BCUT2D eigenvalue weighted by atomic mass is 10.0. The summed E-state index contributed by atoms with van der Waals surface area (Å²) in [7, 11) is -3.73. The molecule has 0 aliphatic rings. The van der Waals surface area contributed by atoms with E-state index in [0.29, 0.717) is 5.56 Å². The van der Waals surface area contributed by atoms with E-state index in [0.717, 1.165) is 0 Å². The van der Waals surface area contributed by atoms with E-state index in [-0.39, 0.29) is 17.7 Å². The highest BCUT2D eigenvalue weighted by molar-refractivity contribution is 7.88. The van der Waals surface area contributed by atoms with Gasteiger partial charge in [0.2, 0.25) is 10.0 Å². The molecule has 0 fully saturated rings. The minimum absolute atomic E-state index is 0.286. The van der Waals surface area contributed by atoms with Crippen molar-refractivity contribution in [1.82, 2.24) is 4.72 Å². The molecule has 0 heterocycles. The van der Waals surface area contributed by atoms with Gasteiger partial charge in [-0.3, -0.25) is 4.79 Å². The van der Waals surface area contributed by atoms with Gasteiger partial charge in [0.1, 0.15) is 0 Å². The number of sulfonamides is 1. The van der Waals surface area contributed by atoms with Crippen LogP contribution < -0.4 is 4.72 Å². The zero-order chi connectivity index (χ0) is 15.4. The summed E-state index contributed by atoms with van der Waals surface area (Å²) in [6.45, 7) is 2.99. The number of hydrogen-bond acceptors (Lipinski definition) is 4. The first-order chi connectivity index (χ1) is 9.15. The zero-order valence-corrected chi connectivity index (χ0v) is 12.1. The van der Waals surface area contributed by atoms with Gasteiger partial charge < -0.3 is 5.11 Å². The zero-order valence-electron chi connectivity index (χ0n) is 11.3. The fourth-order valence-electron chi connectivity index (χ4n) is 1.83. The number of carboxylic acids is 1. The molecular weight excluding hydrogens is 280 g/mol. The Kier molecular flexibility index (Phi) is 4.87. The third-order valence-corrected chi connectivity index (χ3v) is 4.06. The molecule has 20 heavy (non-hydrogen) atoms. The Labute approximate surface area is 118 Å². The number of hydrogen-bond donors (Lipinski definition) is 2. The summed E-state index contributed by atoms with van der Waals surface area (Å²) >= 11 is 0. The van der Waals surface area contributed by atoms with Crippen molar-refractivity contribution in [3.8, 4) is 6.07 Å². The van der Waals surface area contributed by atoms with E-state index in [4.69, 9.17) is 10.4 Å². The minimum Gasteiger partial charge on any atom is -0.481 e. The van der Waals surface area contributed by atoms with Crippen molar-refractivity contribution in [2.45, 2.75) is 31.6 Å². The third kappa shape index (κ3) is 4.99. The Morgan fingerprint density at radius 2 is 2.00 bits per heavy atom. The van der Waals surface area contributed by atoms with Crippen molar-refractivity contribution in [2.75, 3.05) is 0 Å². The molecule has 1 rings (SSSR count). The molecule has 0 saturated heterocycles. The van der Waals surface area contributed by atoms with Gasteiger partial charge in [-0.15, -0.1) is 0 Å². The van der Waals surface area contributed by atoms with Gasteiger partial charge >= 0.3 is 5.97 Å². The highest BCUT2D eigenvalue weighted by Crippen LogP contribution is 2.15. The van der Waals surface area contributed by atoms with E-state index >= 15 is 0 Å². The first-order valence-electron chi connectivity index (χ1n) is 5.87. The molecule has 0 atom stereocenters. The number of aliphatic carboxylic acids is 1. The van der Waals surface area contributed by atoms with Crippen LogP contribution in [0.4, 0.5) is 0 Å². The van der Waals surface area contributed by atoms with Crippen LogP contribution in [0.1, 0.15) is 31.4 Å². The molecule has 0 bridgehead atoms. The number of nitriles is 1. The molecule has 0 aliphatic carbocycles. The molecule has 0 radical (unpaired) electrons. The molecule has 0 spiro atoms. The topological polar surface area (TPSA) is 107 Å². The van der Waals surface area contributed by atoms with Gasteiger partial charge in [0.15, 0.2) is 0 Å². The second-order valence-corrected chi connectivity index (χ2v) is 6.81. The second kappa shape index (κ2) is 6.03. The van der Waals surface area contributed by atoms with E-state index in [2.05, 4.69) is 4.72 Å². The molecule has 1 aromatic carbocycles. The van der Waals surface area contributed by atoms with Crippen molar-refractivity contribution >= 4 is 16.0 Å². The second-order valence-electron chi connectivity index (χ2n) is 5.08. The van der Waals surface area contributed by atoms with Gasteiger partial charge in [-0.2, -0.15) is 5.26 Å². The summed E-state index contributed by atoms with van der Waals surface area (Å²) in [5.41, 5.74) is -0.422. The Morgan fingerprint density at radius 3 is 2.55 bits per heavy atom. The predicted molar refractivity (Wildman–Crippen MR) is 73.2 cm³/mol. The number of nitrogens with one attached hydrogen (secondary N) is 1. The first kappa shape index (κ1) is 16.1. The molecule has 0 amide bonds. The predicted octanol–water partition coefficient (Wildman–Crippen LogP) is 1.23. The average Bonchev–Trinajstić information content (AvgIpc) is 2.25. The quantitative estimate of drug-likeness (QED) is 0.821. The van der Waals surface area contributed by atoms with Crippen LogP contribution in [-0.2, 0) is 20.6 Å². The largest absolute Gasteiger partial charge is 0.481 e. The molecule has 0 aliphatic heterocycles. The summed E-state index contributed by atoms with van der Waals surface area (Å²) in [6.07, 6.45) is -0.327. The van der Waals surface area contributed by atoms with E-state index in [9.17, 15) is 13.2 Å². The van der Waals surface area contributed by atoms with Crippen LogP contribution in [0.5, 0.6) is 0 Å². The minimum atomic E-state index is -3.73. The lowest BCUT2D eigenvalue weighted by molar-refractivity contribution is -0.138. The van der Waals surface area contributed by atoms with E-state index in [1.165, 1.54) is 19.9 Å². The van der Waals surface area contributed by atoms with Crippen LogP contribution in [0, 0.1) is 11.3 Å². The molecular formula is C13H16N2O4S. The number of carbonyl (C=O) groups is 1. The maximum absolute atomic E-state index is 12.1. The summed E-state index contributed by atoms with van der Waals surface area (Å²) < 4.78 is 26.4. The van der Waals surface area contributed by atoms with Gasteiger partial charge in [0, 0.05) is 5.54 Å². The molecule has 0 unspecified atom stereocenters. The summed E-state index contributed by atoms with van der Waals surface area (Å²) in [5.74, 6) is -1.45. The third-order valence-electron chi connectivity index (χ3n) is 2.51. The van der Waals surface area contributed by atoms with Crippen LogP contribution in [-0.4, -0.2) is 25.0 Å². The fraction of sp³-hybridized carbons (Fsp3) is 0.385. The van der Waals surface area contributed by atoms with Crippen molar-refractivity contribution in [1.29, 1.82) is 5.26 Å². The van der Waals surface area contributed by atoms with Crippen LogP contribution in [0.3, 0.4) is 0 Å². The molecule has 1 aromatic rings. The van der Waals surface area contributed by atoms with Gasteiger partial charge in [-0.05, 0) is 25.5 Å². The normalized spacial score (nSPS) is 11.8. The van der Waals surface area contributed by atoms with Gasteiger partial charge in [0.05, 0.1) is 23.8 Å². The van der Waals surface area contributed by atoms with Crippen LogP contribution in [0.2, 0.25) is 0 Å². The summed E-state index contributed by atoms with van der Waals surface area (Å²) in [5, 5.41) is 17.7. The lowest BCUT2D eigenvalue weighted by Gasteiger charge is -2.24. The van der Waals surface area contributed by atoms with Crippen molar-refractivity contribution in [2.24, 2.45) is 0 Å². The Bertz CT molecular complexity index is 645. The Balaban J connectivity index is 2.91. The van der Waals surface area contributed by atoms with E-state index < -0.39 is 21.5 Å². The first-order valence-corrected chi connectivity index (χ1v) is 7.52. The van der Waals surface area contributed by atoms with Crippen molar-refractivity contribution < 1.29 is 18.3 Å². The number of rotatable bonds is 6. The maximum Gasteiger partial charge on any atom is 0.305 e. The molecule has 0 aromatic heterocycles. The molecule has 7 heteroatoms. The highest BCUT2D eigenvalue weighted by Gasteiger charge is 2.28. The monoisotopic (exact) mass is 296 g/mol. The highest BCUT2D eigenvalue weighted by atomic mass is 32.2. The summed E-state index contributed by atoms with van der Waals surface area (Å²) in [6, 6.07) is 8.32. The lowest BCUT2D eigenvalue weighted by Crippen LogP contribution is -2.45. The smallest absolute Gasteiger partial charge is 0.305 e. The van der Waals surface area contributed by atoms with Crippen molar-refractivity contribution in [3.05, 3.63) is 35.4 Å². The number of carboxylic acid groups (broad SMARTS) is 1. The average molecular weight is 296 g/mol. The number of benzene rings is 1. The SMILES string of the molecule is CC(C)(CC(=O)O)NS(=O)(=O)Cc1ccccc1C#N. The van der Waals surface area contributed by atoms with Gasteiger partial charge in [-0.1, -0.05) is 18.2 Å². The maximum atomic E-state index is 12.1. The van der Waals surface area contributed by atoms with Crippen molar-refractivity contribution in [3.63, 3.8) is 0 Å². The summed E-state index contributed by atoms with van der Waals surface area (Å²) in [4.78, 5) is 10.7. The van der Waals surface area contributed by atoms with Gasteiger partial charge in [-0.25, -0.2) is 13.1 Å². The Morgan fingerprint density at radius 1 is 1.40 bits per heavy atom. The van der Waals surface area contributed by atoms with Crippen LogP contribution in [0.15, 0.2) is 24.3 Å². The molecule has 2 N–H and O–H groups in total. The van der Waals surface area contributed by atoms with Crippen LogP contribution in [0.25, 0.3) is 0 Å². The molecule has 6 nitrogen and oxygen atoms in total. The number of nitrogens with zero attached hydrogens (tertiary/aromatic N) is 1. The standard InChI is InChI=1S/C13H16N2O4S/c1-13(2,7-12(16)17)15-20(18,19)9-11-6-4-3-5-10(11)8-14/h3-6,15H,7,9H2,1-2H3,(H,16,17). The molecule has 108 valence electrons. The van der Waals surface area contributed by atoms with E-state index in [1.807, 2.05) is 6.07 Å².